The van der Waals surface area contributed by atoms with E-state index in [9.17, 15) is 22.8 Å². The quantitative estimate of drug-likeness (QED) is 0.788. The maximum absolute atomic E-state index is 12.6. The van der Waals surface area contributed by atoms with Crippen LogP contribution < -0.4 is 11.1 Å². The normalized spacial score (nSPS) is 16.5. The van der Waals surface area contributed by atoms with Crippen molar-refractivity contribution in [2.45, 2.75) is 38.4 Å². The Kier molecular flexibility index (Phi) is 5.71. The van der Waals surface area contributed by atoms with Gasteiger partial charge in [-0.25, -0.2) is 0 Å². The number of nitrogens with zero attached hydrogens (tertiary/aromatic N) is 2. The Labute approximate surface area is 159 Å². The standard InChI is InChI=1S/C19H21F3N4O2/c20-19(21,22)14-4-1-12(2-5-14)3-6-17(27)24-10-13-7-8-26-16(9-13)15(11-25-26)18(23)28/h1-2,4-5,11,13H,3,6-10H2,(H2,23,28)(H,24,27)/t13-/m1/s1. The SMILES string of the molecule is NC(=O)c1cnn2c1C[C@H](CNC(=O)CCc1ccc(C(F)(F)F)cc1)CC2. The van der Waals surface area contributed by atoms with Gasteiger partial charge in [0.1, 0.15) is 0 Å². The third-order valence-corrected chi connectivity index (χ3v) is 4.96. The highest BCUT2D eigenvalue weighted by molar-refractivity contribution is 5.93. The number of carbonyl (C=O) groups is 2. The molecule has 3 rings (SSSR count). The number of carbonyl (C=O) groups excluding carboxylic acids is 2. The molecule has 150 valence electrons. The summed E-state index contributed by atoms with van der Waals surface area (Å²) in [6.07, 6.45) is -0.887. The second-order valence-electron chi connectivity index (χ2n) is 6.95. The van der Waals surface area contributed by atoms with Gasteiger partial charge in [0.15, 0.2) is 0 Å². The predicted molar refractivity (Wildman–Crippen MR) is 95.3 cm³/mol. The second kappa shape index (κ2) is 8.04. The van der Waals surface area contributed by atoms with Gasteiger partial charge in [-0.15, -0.1) is 0 Å². The van der Waals surface area contributed by atoms with Crippen LogP contribution in [0.1, 0.15) is 40.0 Å². The second-order valence-corrected chi connectivity index (χ2v) is 6.95. The molecular weight excluding hydrogens is 373 g/mol. The zero-order valence-corrected chi connectivity index (χ0v) is 15.1. The number of rotatable bonds is 6. The molecule has 1 aromatic heterocycles. The number of hydrogen-bond acceptors (Lipinski definition) is 3. The van der Waals surface area contributed by atoms with E-state index in [0.717, 1.165) is 24.2 Å². The highest BCUT2D eigenvalue weighted by atomic mass is 19.4. The predicted octanol–water partition coefficient (Wildman–Crippen LogP) is 2.31. The molecule has 2 amide bonds. The Bertz CT molecular complexity index is 859. The van der Waals surface area contributed by atoms with E-state index in [4.69, 9.17) is 5.73 Å². The highest BCUT2D eigenvalue weighted by Gasteiger charge is 2.30. The third kappa shape index (κ3) is 4.71. The van der Waals surface area contributed by atoms with Crippen LogP contribution in [0.15, 0.2) is 30.5 Å². The molecule has 0 saturated heterocycles. The molecule has 1 aliphatic heterocycles. The van der Waals surface area contributed by atoms with Crippen molar-refractivity contribution in [3.8, 4) is 0 Å². The molecule has 0 radical (unpaired) electrons. The Morgan fingerprint density at radius 1 is 1.25 bits per heavy atom. The Morgan fingerprint density at radius 2 is 1.96 bits per heavy atom. The molecule has 1 atom stereocenters. The molecule has 3 N–H and O–H groups in total. The van der Waals surface area contributed by atoms with E-state index in [1.807, 2.05) is 0 Å². The first kappa shape index (κ1) is 19.9. The molecule has 6 nitrogen and oxygen atoms in total. The number of hydrogen-bond donors (Lipinski definition) is 2. The number of primary amides is 1. The fourth-order valence-electron chi connectivity index (χ4n) is 3.34. The third-order valence-electron chi connectivity index (χ3n) is 4.96. The smallest absolute Gasteiger partial charge is 0.365 e. The highest BCUT2D eigenvalue weighted by Crippen LogP contribution is 2.29. The summed E-state index contributed by atoms with van der Waals surface area (Å²) in [5.74, 6) is -0.492. The molecular formula is C19H21F3N4O2. The lowest BCUT2D eigenvalue weighted by Gasteiger charge is -2.24. The molecule has 0 unspecified atom stereocenters. The molecule has 1 aliphatic rings. The summed E-state index contributed by atoms with van der Waals surface area (Å²) in [4.78, 5) is 23.5. The molecule has 0 aliphatic carbocycles. The first-order chi connectivity index (χ1) is 13.2. The average Bonchev–Trinajstić information content (AvgIpc) is 3.08. The van der Waals surface area contributed by atoms with Crippen molar-refractivity contribution in [1.82, 2.24) is 15.1 Å². The van der Waals surface area contributed by atoms with E-state index < -0.39 is 17.6 Å². The van der Waals surface area contributed by atoms with Crippen LogP contribution in [-0.4, -0.2) is 28.1 Å². The molecule has 0 spiro atoms. The molecule has 0 bridgehead atoms. The lowest BCUT2D eigenvalue weighted by molar-refractivity contribution is -0.137. The van der Waals surface area contributed by atoms with E-state index in [-0.39, 0.29) is 18.2 Å². The Balaban J connectivity index is 1.46. The van der Waals surface area contributed by atoms with Crippen LogP contribution in [0.2, 0.25) is 0 Å². The van der Waals surface area contributed by atoms with Gasteiger partial charge in [0.2, 0.25) is 5.91 Å². The molecule has 0 saturated carbocycles. The van der Waals surface area contributed by atoms with E-state index in [1.54, 1.807) is 4.68 Å². The molecule has 2 heterocycles. The first-order valence-electron chi connectivity index (χ1n) is 9.01. The van der Waals surface area contributed by atoms with Crippen molar-refractivity contribution in [1.29, 1.82) is 0 Å². The minimum Gasteiger partial charge on any atom is -0.365 e. The summed E-state index contributed by atoms with van der Waals surface area (Å²) in [5, 5.41) is 7.02. The maximum atomic E-state index is 12.6. The van der Waals surface area contributed by atoms with E-state index in [1.165, 1.54) is 18.3 Å². The number of nitrogens with two attached hydrogens (primary N) is 1. The summed E-state index contributed by atoms with van der Waals surface area (Å²) in [6, 6.07) is 4.83. The monoisotopic (exact) mass is 394 g/mol. The van der Waals surface area contributed by atoms with Crippen LogP contribution in [0, 0.1) is 5.92 Å². The van der Waals surface area contributed by atoms with E-state index >= 15 is 0 Å². The van der Waals surface area contributed by atoms with Crippen LogP contribution in [-0.2, 0) is 30.4 Å². The molecule has 28 heavy (non-hydrogen) atoms. The number of nitrogens with one attached hydrogen (secondary N) is 1. The summed E-state index contributed by atoms with van der Waals surface area (Å²) in [7, 11) is 0. The van der Waals surface area contributed by atoms with Gasteiger partial charge in [0, 0.05) is 19.5 Å². The van der Waals surface area contributed by atoms with Gasteiger partial charge in [-0.1, -0.05) is 12.1 Å². The minimum atomic E-state index is -4.36. The summed E-state index contributed by atoms with van der Waals surface area (Å²) in [6.45, 7) is 1.13. The number of aryl methyl sites for hydroxylation is 2. The lowest BCUT2D eigenvalue weighted by atomic mass is 9.94. The van der Waals surface area contributed by atoms with Gasteiger partial charge < -0.3 is 11.1 Å². The Morgan fingerprint density at radius 3 is 2.61 bits per heavy atom. The van der Waals surface area contributed by atoms with Gasteiger partial charge in [0.05, 0.1) is 23.0 Å². The molecule has 0 fully saturated rings. The number of halogens is 3. The van der Waals surface area contributed by atoms with Crippen molar-refractivity contribution in [2.24, 2.45) is 11.7 Å². The fraction of sp³-hybridized carbons (Fsp3) is 0.421. The zero-order valence-electron chi connectivity index (χ0n) is 15.1. The molecule has 1 aromatic carbocycles. The first-order valence-corrected chi connectivity index (χ1v) is 9.01. The summed E-state index contributed by atoms with van der Waals surface area (Å²) >= 11 is 0. The topological polar surface area (TPSA) is 90.0 Å². The summed E-state index contributed by atoms with van der Waals surface area (Å²) in [5.41, 5.74) is 6.54. The largest absolute Gasteiger partial charge is 0.416 e. The fourth-order valence-corrected chi connectivity index (χ4v) is 3.34. The van der Waals surface area contributed by atoms with Crippen molar-refractivity contribution in [3.05, 3.63) is 52.8 Å². The van der Waals surface area contributed by atoms with Crippen molar-refractivity contribution >= 4 is 11.8 Å². The van der Waals surface area contributed by atoms with Crippen molar-refractivity contribution in [2.75, 3.05) is 6.54 Å². The minimum absolute atomic E-state index is 0.158. The van der Waals surface area contributed by atoms with Crippen LogP contribution in [0.3, 0.4) is 0 Å². The Hall–Kier alpha value is -2.84. The number of fused-ring (bicyclic) bond motifs is 1. The van der Waals surface area contributed by atoms with Crippen molar-refractivity contribution in [3.63, 3.8) is 0 Å². The lowest BCUT2D eigenvalue weighted by Crippen LogP contribution is -2.34. The molecule has 2 aromatic rings. The van der Waals surface area contributed by atoms with Crippen LogP contribution >= 0.6 is 0 Å². The van der Waals surface area contributed by atoms with E-state index in [2.05, 4.69) is 10.4 Å². The van der Waals surface area contributed by atoms with Gasteiger partial charge in [0.25, 0.3) is 5.91 Å². The van der Waals surface area contributed by atoms with Gasteiger partial charge in [-0.05, 0) is 42.9 Å². The van der Waals surface area contributed by atoms with E-state index in [0.29, 0.717) is 37.1 Å². The van der Waals surface area contributed by atoms with Crippen LogP contribution in [0.4, 0.5) is 13.2 Å². The summed E-state index contributed by atoms with van der Waals surface area (Å²) < 4.78 is 39.4. The number of benzene rings is 1. The van der Waals surface area contributed by atoms with Crippen LogP contribution in [0.25, 0.3) is 0 Å². The van der Waals surface area contributed by atoms with Crippen molar-refractivity contribution < 1.29 is 22.8 Å². The van der Waals surface area contributed by atoms with Crippen LogP contribution in [0.5, 0.6) is 0 Å². The van der Waals surface area contributed by atoms with Gasteiger partial charge in [-0.2, -0.15) is 18.3 Å². The number of amides is 2. The zero-order chi connectivity index (χ0) is 20.3. The average molecular weight is 394 g/mol. The number of alkyl halides is 3. The molecule has 9 heteroatoms. The maximum Gasteiger partial charge on any atom is 0.416 e. The number of aromatic nitrogens is 2. The van der Waals surface area contributed by atoms with Gasteiger partial charge >= 0.3 is 6.18 Å². The van der Waals surface area contributed by atoms with Gasteiger partial charge in [-0.3, -0.25) is 14.3 Å².